The lowest BCUT2D eigenvalue weighted by Crippen LogP contribution is -2.48. The highest BCUT2D eigenvalue weighted by Gasteiger charge is 2.26. The van der Waals surface area contributed by atoms with Gasteiger partial charge in [-0.1, -0.05) is 11.6 Å². The summed E-state index contributed by atoms with van der Waals surface area (Å²) in [5.41, 5.74) is 2.62. The molecule has 1 aromatic rings. The van der Waals surface area contributed by atoms with E-state index in [1.165, 1.54) is 31.6 Å². The minimum absolute atomic E-state index is 0.293. The first-order valence-electron chi connectivity index (χ1n) is 7.14. The Balaban J connectivity index is 1.90. The Morgan fingerprint density at radius 2 is 1.84 bits per heavy atom. The van der Waals surface area contributed by atoms with Gasteiger partial charge in [-0.05, 0) is 64.3 Å². The van der Waals surface area contributed by atoms with E-state index in [2.05, 4.69) is 50.0 Å². The van der Waals surface area contributed by atoms with E-state index in [1.54, 1.807) is 0 Å². The van der Waals surface area contributed by atoms with Crippen LogP contribution in [0.25, 0.3) is 0 Å². The standard InChI is InChI=1S/C16H25ClN2/c1-12-11-14(5-6-15(12)17)18-13-7-9-19(10-8-13)16(2,3)4/h5-6,11,13,18H,7-10H2,1-4H3. The molecule has 1 aliphatic rings. The van der Waals surface area contributed by atoms with Crippen LogP contribution in [0.2, 0.25) is 5.02 Å². The number of benzene rings is 1. The molecule has 0 amide bonds. The van der Waals surface area contributed by atoms with Gasteiger partial charge in [-0.15, -0.1) is 0 Å². The number of rotatable bonds is 2. The number of anilines is 1. The molecule has 0 atom stereocenters. The van der Waals surface area contributed by atoms with Crippen LogP contribution in [0.3, 0.4) is 0 Å². The van der Waals surface area contributed by atoms with E-state index in [9.17, 15) is 0 Å². The van der Waals surface area contributed by atoms with Gasteiger partial charge in [0.25, 0.3) is 0 Å². The van der Waals surface area contributed by atoms with E-state index >= 15 is 0 Å². The van der Waals surface area contributed by atoms with Gasteiger partial charge < -0.3 is 5.32 Å². The van der Waals surface area contributed by atoms with Crippen LogP contribution >= 0.6 is 11.6 Å². The highest BCUT2D eigenvalue weighted by atomic mass is 35.5. The summed E-state index contributed by atoms with van der Waals surface area (Å²) in [4.78, 5) is 2.57. The predicted molar refractivity (Wildman–Crippen MR) is 84.2 cm³/mol. The van der Waals surface area contributed by atoms with Gasteiger partial charge in [0.2, 0.25) is 0 Å². The predicted octanol–water partition coefficient (Wildman–Crippen LogP) is 4.32. The fraction of sp³-hybridized carbons (Fsp3) is 0.625. The maximum atomic E-state index is 6.06. The second kappa shape index (κ2) is 5.72. The zero-order valence-electron chi connectivity index (χ0n) is 12.5. The Labute approximate surface area is 122 Å². The van der Waals surface area contributed by atoms with E-state index in [0.29, 0.717) is 11.6 Å². The second-order valence-electron chi connectivity index (χ2n) is 6.54. The van der Waals surface area contributed by atoms with Gasteiger partial charge in [0.15, 0.2) is 0 Å². The lowest BCUT2D eigenvalue weighted by Gasteiger charge is -2.41. The van der Waals surface area contributed by atoms with E-state index in [0.717, 1.165) is 10.6 Å². The molecule has 0 saturated carbocycles. The van der Waals surface area contributed by atoms with Crippen LogP contribution in [0.1, 0.15) is 39.2 Å². The largest absolute Gasteiger partial charge is 0.382 e. The first-order valence-corrected chi connectivity index (χ1v) is 7.52. The minimum atomic E-state index is 0.293. The zero-order chi connectivity index (χ0) is 14.0. The summed E-state index contributed by atoms with van der Waals surface area (Å²) in [6.07, 6.45) is 2.41. The molecule has 2 nitrogen and oxygen atoms in total. The summed E-state index contributed by atoms with van der Waals surface area (Å²) in [6.45, 7) is 11.3. The number of hydrogen-bond donors (Lipinski definition) is 1. The Morgan fingerprint density at radius 3 is 2.37 bits per heavy atom. The Morgan fingerprint density at radius 1 is 1.21 bits per heavy atom. The molecule has 2 rings (SSSR count). The molecule has 1 heterocycles. The topological polar surface area (TPSA) is 15.3 Å². The normalized spacial score (nSPS) is 18.6. The lowest BCUT2D eigenvalue weighted by molar-refractivity contribution is 0.106. The number of halogens is 1. The van der Waals surface area contributed by atoms with E-state index in [1.807, 2.05) is 6.07 Å². The van der Waals surface area contributed by atoms with Gasteiger partial charge in [0, 0.05) is 35.4 Å². The fourth-order valence-electron chi connectivity index (χ4n) is 2.66. The highest BCUT2D eigenvalue weighted by molar-refractivity contribution is 6.31. The van der Waals surface area contributed by atoms with Crippen molar-refractivity contribution >= 4 is 17.3 Å². The molecule has 0 unspecified atom stereocenters. The summed E-state index contributed by atoms with van der Waals surface area (Å²) < 4.78 is 0. The maximum absolute atomic E-state index is 6.06. The summed E-state index contributed by atoms with van der Waals surface area (Å²) in [6, 6.07) is 6.77. The van der Waals surface area contributed by atoms with Crippen molar-refractivity contribution in [2.45, 2.75) is 52.1 Å². The van der Waals surface area contributed by atoms with Crippen molar-refractivity contribution in [1.82, 2.24) is 4.90 Å². The Kier molecular flexibility index (Phi) is 4.42. The SMILES string of the molecule is Cc1cc(NC2CCN(C(C)(C)C)CC2)ccc1Cl. The lowest BCUT2D eigenvalue weighted by atomic mass is 9.98. The molecule has 0 aliphatic carbocycles. The molecule has 3 heteroatoms. The van der Waals surface area contributed by atoms with Gasteiger partial charge in [-0.3, -0.25) is 4.90 Å². The summed E-state index contributed by atoms with van der Waals surface area (Å²) in [5.74, 6) is 0. The van der Waals surface area contributed by atoms with E-state index in [-0.39, 0.29) is 0 Å². The molecule has 0 radical (unpaired) electrons. The molecule has 1 aliphatic heterocycles. The van der Waals surface area contributed by atoms with Gasteiger partial charge in [-0.2, -0.15) is 0 Å². The summed E-state index contributed by atoms with van der Waals surface area (Å²) >= 11 is 6.06. The van der Waals surface area contributed by atoms with Crippen molar-refractivity contribution in [3.05, 3.63) is 28.8 Å². The molecule has 1 saturated heterocycles. The number of aryl methyl sites for hydroxylation is 1. The minimum Gasteiger partial charge on any atom is -0.382 e. The fourth-order valence-corrected chi connectivity index (χ4v) is 2.78. The third-order valence-electron chi connectivity index (χ3n) is 3.97. The summed E-state index contributed by atoms with van der Waals surface area (Å²) in [7, 11) is 0. The van der Waals surface area contributed by atoms with Crippen molar-refractivity contribution in [2.24, 2.45) is 0 Å². The van der Waals surface area contributed by atoms with Crippen LogP contribution in [0.5, 0.6) is 0 Å². The van der Waals surface area contributed by atoms with Gasteiger partial charge in [0.1, 0.15) is 0 Å². The number of nitrogens with one attached hydrogen (secondary N) is 1. The molecule has 19 heavy (non-hydrogen) atoms. The van der Waals surface area contributed by atoms with Crippen LogP contribution in [0.15, 0.2) is 18.2 Å². The number of hydrogen-bond acceptors (Lipinski definition) is 2. The van der Waals surface area contributed by atoms with Gasteiger partial charge in [0.05, 0.1) is 0 Å². The van der Waals surface area contributed by atoms with Crippen LogP contribution in [0.4, 0.5) is 5.69 Å². The molecule has 1 N–H and O–H groups in total. The highest BCUT2D eigenvalue weighted by Crippen LogP contribution is 2.24. The van der Waals surface area contributed by atoms with Crippen molar-refractivity contribution in [3.8, 4) is 0 Å². The second-order valence-corrected chi connectivity index (χ2v) is 6.95. The quantitative estimate of drug-likeness (QED) is 0.868. The van der Waals surface area contributed by atoms with E-state index < -0.39 is 0 Å². The Hall–Kier alpha value is -0.730. The number of piperidine rings is 1. The van der Waals surface area contributed by atoms with Crippen LogP contribution in [-0.4, -0.2) is 29.6 Å². The molecular formula is C16H25ClN2. The number of likely N-dealkylation sites (tertiary alicyclic amines) is 1. The van der Waals surface area contributed by atoms with Gasteiger partial charge >= 0.3 is 0 Å². The zero-order valence-corrected chi connectivity index (χ0v) is 13.2. The molecule has 0 spiro atoms. The first kappa shape index (κ1) is 14.7. The van der Waals surface area contributed by atoms with Crippen LogP contribution < -0.4 is 5.32 Å². The molecule has 0 bridgehead atoms. The average Bonchev–Trinajstić information content (AvgIpc) is 2.33. The van der Waals surface area contributed by atoms with Crippen molar-refractivity contribution in [3.63, 3.8) is 0 Å². The van der Waals surface area contributed by atoms with Crippen molar-refractivity contribution < 1.29 is 0 Å². The summed E-state index contributed by atoms with van der Waals surface area (Å²) in [5, 5.41) is 4.48. The van der Waals surface area contributed by atoms with Crippen LogP contribution in [0, 0.1) is 6.92 Å². The molecule has 106 valence electrons. The van der Waals surface area contributed by atoms with Crippen molar-refractivity contribution in [1.29, 1.82) is 0 Å². The number of nitrogens with zero attached hydrogens (tertiary/aromatic N) is 1. The molecular weight excluding hydrogens is 256 g/mol. The van der Waals surface area contributed by atoms with Crippen molar-refractivity contribution in [2.75, 3.05) is 18.4 Å². The first-order chi connectivity index (χ1) is 8.86. The molecule has 0 aromatic heterocycles. The molecule has 1 aromatic carbocycles. The van der Waals surface area contributed by atoms with Gasteiger partial charge in [-0.25, -0.2) is 0 Å². The third-order valence-corrected chi connectivity index (χ3v) is 4.40. The monoisotopic (exact) mass is 280 g/mol. The molecule has 1 fully saturated rings. The Bertz CT molecular complexity index is 429. The van der Waals surface area contributed by atoms with E-state index in [4.69, 9.17) is 11.6 Å². The van der Waals surface area contributed by atoms with Crippen LogP contribution in [-0.2, 0) is 0 Å². The smallest absolute Gasteiger partial charge is 0.0436 e. The maximum Gasteiger partial charge on any atom is 0.0436 e. The third kappa shape index (κ3) is 3.87. The average molecular weight is 281 g/mol.